The topological polar surface area (TPSA) is 34.6 Å². The van der Waals surface area contributed by atoms with Gasteiger partial charge in [-0.25, -0.2) is 4.98 Å². The number of rotatable bonds is 8. The number of aromatic nitrogens is 1. The Labute approximate surface area is 190 Å². The van der Waals surface area contributed by atoms with Gasteiger partial charge in [-0.3, -0.25) is 0 Å². The van der Waals surface area contributed by atoms with Gasteiger partial charge in [0.2, 0.25) is 0 Å². The number of anilines is 1. The SMILES string of the molecule is CCC.CN(C)c1ccc(-c2ccc3cc(OCCCOSI)ccc3n2)cc1. The molecule has 0 bridgehead atoms. The van der Waals surface area contributed by atoms with Crippen molar-refractivity contribution in [1.82, 2.24) is 4.98 Å². The molecule has 0 amide bonds. The van der Waals surface area contributed by atoms with Crippen molar-refractivity contribution in [1.29, 1.82) is 0 Å². The lowest BCUT2D eigenvalue weighted by Crippen LogP contribution is -2.07. The second kappa shape index (κ2) is 12.9. The summed E-state index contributed by atoms with van der Waals surface area (Å²) in [6.45, 7) is 5.59. The lowest BCUT2D eigenvalue weighted by atomic mass is 10.1. The summed E-state index contributed by atoms with van der Waals surface area (Å²) in [4.78, 5) is 6.88. The quantitative estimate of drug-likeness (QED) is 0.177. The Balaban J connectivity index is 0.000000941. The van der Waals surface area contributed by atoms with E-state index in [0.717, 1.165) is 34.3 Å². The van der Waals surface area contributed by atoms with Gasteiger partial charge in [0, 0.05) is 58.4 Å². The van der Waals surface area contributed by atoms with Crippen LogP contribution in [0.2, 0.25) is 0 Å². The first-order chi connectivity index (χ1) is 14.1. The zero-order chi connectivity index (χ0) is 21.1. The van der Waals surface area contributed by atoms with E-state index >= 15 is 0 Å². The summed E-state index contributed by atoms with van der Waals surface area (Å²) >= 11 is 2.12. The standard InChI is InChI=1S/C20H21IN2O2S.C3H8/c1-23(2)17-7-4-15(5-8-17)19-10-6-16-14-18(9-11-20(16)22-19)24-12-3-13-25-26-21;1-3-2/h4-11,14H,3,12-13H2,1-2H3;3H2,1-2H3. The largest absolute Gasteiger partial charge is 0.493 e. The summed E-state index contributed by atoms with van der Waals surface area (Å²) in [5, 5.41) is 1.08. The number of benzene rings is 2. The number of hydrogen-bond acceptors (Lipinski definition) is 5. The van der Waals surface area contributed by atoms with E-state index in [1.807, 2.05) is 32.3 Å². The van der Waals surface area contributed by atoms with Gasteiger partial charge in [0.15, 0.2) is 0 Å². The Kier molecular flexibility index (Phi) is 10.6. The molecule has 6 heteroatoms. The second-order valence-electron chi connectivity index (χ2n) is 6.79. The molecule has 156 valence electrons. The zero-order valence-electron chi connectivity index (χ0n) is 17.5. The highest BCUT2D eigenvalue weighted by Gasteiger charge is 2.04. The van der Waals surface area contributed by atoms with Crippen molar-refractivity contribution < 1.29 is 8.92 Å². The molecule has 0 unspecified atom stereocenters. The number of halogens is 1. The van der Waals surface area contributed by atoms with Crippen molar-refractivity contribution >= 4 is 47.0 Å². The van der Waals surface area contributed by atoms with E-state index in [4.69, 9.17) is 13.9 Å². The van der Waals surface area contributed by atoms with Crippen LogP contribution in [0.15, 0.2) is 54.6 Å². The summed E-state index contributed by atoms with van der Waals surface area (Å²) < 4.78 is 11.0. The van der Waals surface area contributed by atoms with Gasteiger partial charge < -0.3 is 13.8 Å². The highest BCUT2D eigenvalue weighted by molar-refractivity contribution is 14.2. The molecule has 3 aromatic rings. The minimum absolute atomic E-state index is 0.645. The Morgan fingerprint density at radius 2 is 1.69 bits per heavy atom. The Morgan fingerprint density at radius 1 is 0.966 bits per heavy atom. The van der Waals surface area contributed by atoms with Gasteiger partial charge in [-0.05, 0) is 36.4 Å². The summed E-state index contributed by atoms with van der Waals surface area (Å²) in [5.74, 6) is 0.865. The Hall–Kier alpha value is -1.51. The molecule has 2 aromatic carbocycles. The highest BCUT2D eigenvalue weighted by atomic mass is 127. The van der Waals surface area contributed by atoms with E-state index in [1.165, 1.54) is 21.3 Å². The number of hydrogen-bond donors (Lipinski definition) is 0. The van der Waals surface area contributed by atoms with Gasteiger partial charge in [-0.2, -0.15) is 0 Å². The predicted octanol–water partition coefficient (Wildman–Crippen LogP) is 7.17. The lowest BCUT2D eigenvalue weighted by Gasteiger charge is -2.12. The molecule has 0 spiro atoms. The minimum Gasteiger partial charge on any atom is -0.493 e. The summed E-state index contributed by atoms with van der Waals surface area (Å²) in [6.07, 6.45) is 2.12. The van der Waals surface area contributed by atoms with Crippen LogP contribution in [0, 0.1) is 0 Å². The van der Waals surface area contributed by atoms with Crippen LogP contribution in [0.3, 0.4) is 0 Å². The van der Waals surface area contributed by atoms with Crippen LogP contribution in [0.5, 0.6) is 5.75 Å². The van der Waals surface area contributed by atoms with Crippen LogP contribution in [0.1, 0.15) is 26.7 Å². The van der Waals surface area contributed by atoms with Gasteiger partial charge >= 0.3 is 0 Å². The maximum atomic E-state index is 5.79. The molecular weight excluding hydrogens is 495 g/mol. The first kappa shape index (κ1) is 23.8. The Morgan fingerprint density at radius 3 is 2.34 bits per heavy atom. The van der Waals surface area contributed by atoms with E-state index in [2.05, 4.69) is 76.4 Å². The van der Waals surface area contributed by atoms with Crippen LogP contribution in [0.4, 0.5) is 5.69 Å². The van der Waals surface area contributed by atoms with Gasteiger partial charge in [0.05, 0.1) is 33.6 Å². The van der Waals surface area contributed by atoms with E-state index in [0.29, 0.717) is 13.2 Å². The molecule has 4 nitrogen and oxygen atoms in total. The molecule has 0 aliphatic carbocycles. The third kappa shape index (κ3) is 7.68. The average molecular weight is 524 g/mol. The molecule has 1 aromatic heterocycles. The first-order valence-corrected chi connectivity index (χ1v) is 13.1. The van der Waals surface area contributed by atoms with Crippen molar-refractivity contribution in [3.63, 3.8) is 0 Å². The van der Waals surface area contributed by atoms with Crippen molar-refractivity contribution in [3.05, 3.63) is 54.6 Å². The molecular formula is C23H29IN2O2S. The number of ether oxygens (including phenoxy) is 1. The first-order valence-electron chi connectivity index (χ1n) is 9.80. The van der Waals surface area contributed by atoms with E-state index in [1.54, 1.807) is 0 Å². The fourth-order valence-electron chi connectivity index (χ4n) is 2.62. The monoisotopic (exact) mass is 524 g/mol. The molecule has 1 heterocycles. The normalized spacial score (nSPS) is 10.4. The number of fused-ring (bicyclic) bond motifs is 1. The molecule has 29 heavy (non-hydrogen) atoms. The predicted molar refractivity (Wildman–Crippen MR) is 135 cm³/mol. The van der Waals surface area contributed by atoms with Crippen LogP contribution in [0.25, 0.3) is 22.2 Å². The van der Waals surface area contributed by atoms with Crippen LogP contribution in [-0.2, 0) is 4.18 Å². The molecule has 0 saturated carbocycles. The van der Waals surface area contributed by atoms with E-state index < -0.39 is 0 Å². The molecule has 0 fully saturated rings. The minimum atomic E-state index is 0.645. The fraction of sp³-hybridized carbons (Fsp3) is 0.348. The summed E-state index contributed by atoms with van der Waals surface area (Å²) in [5.41, 5.74) is 4.24. The lowest BCUT2D eigenvalue weighted by molar-refractivity contribution is 0.269. The second-order valence-corrected chi connectivity index (χ2v) is 8.23. The van der Waals surface area contributed by atoms with E-state index in [9.17, 15) is 0 Å². The molecule has 0 aliphatic heterocycles. The summed E-state index contributed by atoms with van der Waals surface area (Å²) in [7, 11) is 5.44. The maximum Gasteiger partial charge on any atom is 0.120 e. The molecule has 0 N–H and O–H groups in total. The number of pyridine rings is 1. The maximum absolute atomic E-state index is 5.79. The third-order valence-corrected chi connectivity index (χ3v) is 5.04. The molecule has 0 aliphatic rings. The van der Waals surface area contributed by atoms with E-state index in [-0.39, 0.29) is 0 Å². The fourth-order valence-corrected chi connectivity index (χ4v) is 3.34. The van der Waals surface area contributed by atoms with Crippen molar-refractivity contribution in [2.24, 2.45) is 0 Å². The highest BCUT2D eigenvalue weighted by Crippen LogP contribution is 2.25. The van der Waals surface area contributed by atoms with Crippen molar-refractivity contribution in [3.8, 4) is 17.0 Å². The zero-order valence-corrected chi connectivity index (χ0v) is 20.5. The van der Waals surface area contributed by atoms with Crippen LogP contribution < -0.4 is 9.64 Å². The van der Waals surface area contributed by atoms with Gasteiger partial charge in [-0.15, -0.1) is 0 Å². The Bertz CT molecular complexity index is 872. The van der Waals surface area contributed by atoms with Crippen LogP contribution >= 0.6 is 30.4 Å². The third-order valence-electron chi connectivity index (χ3n) is 4.03. The number of nitrogens with zero attached hydrogens (tertiary/aromatic N) is 2. The van der Waals surface area contributed by atoms with Crippen LogP contribution in [-0.4, -0.2) is 32.3 Å². The molecule has 0 atom stereocenters. The van der Waals surface area contributed by atoms with Gasteiger partial charge in [0.1, 0.15) is 5.75 Å². The van der Waals surface area contributed by atoms with Gasteiger partial charge in [0.25, 0.3) is 0 Å². The average Bonchev–Trinajstić information content (AvgIpc) is 2.74. The molecule has 0 radical (unpaired) electrons. The van der Waals surface area contributed by atoms with Gasteiger partial charge in [-0.1, -0.05) is 38.5 Å². The van der Waals surface area contributed by atoms with Crippen molar-refractivity contribution in [2.45, 2.75) is 26.7 Å². The molecule has 0 saturated heterocycles. The van der Waals surface area contributed by atoms with Crippen molar-refractivity contribution in [2.75, 3.05) is 32.2 Å². The molecule has 3 rings (SSSR count). The summed E-state index contributed by atoms with van der Waals surface area (Å²) in [6, 6.07) is 18.6. The smallest absolute Gasteiger partial charge is 0.120 e.